The molecule has 0 radical (unpaired) electrons. The van der Waals surface area contributed by atoms with Crippen LogP contribution in [-0.2, 0) is 22.5 Å². The number of methoxy groups -OCH3 is 2. The lowest BCUT2D eigenvalue weighted by Gasteiger charge is -2.24. The van der Waals surface area contributed by atoms with Gasteiger partial charge in [0.05, 0.1) is 20.3 Å². The minimum absolute atomic E-state index is 0.0451. The molecule has 0 heterocycles. The first kappa shape index (κ1) is 28.4. The molecule has 8 nitrogen and oxygen atoms in total. The number of nitrogens with one attached hydrogen (secondary N) is 1. The lowest BCUT2D eigenvalue weighted by molar-refractivity contribution is 0.0449. The van der Waals surface area contributed by atoms with Gasteiger partial charge in [-0.2, -0.15) is 0 Å². The molecule has 3 aromatic carbocycles. The van der Waals surface area contributed by atoms with Crippen LogP contribution in [0.25, 0.3) is 0 Å². The van der Waals surface area contributed by atoms with Gasteiger partial charge >= 0.3 is 12.1 Å². The Morgan fingerprint density at radius 3 is 2.03 bits per heavy atom. The fourth-order valence-electron chi connectivity index (χ4n) is 3.67. The highest BCUT2D eigenvalue weighted by Gasteiger charge is 2.25. The minimum Gasteiger partial charge on any atom is -0.496 e. The Bertz CT molecular complexity index is 1190. The molecule has 0 bridgehead atoms. The second-order valence-electron chi connectivity index (χ2n) is 9.61. The summed E-state index contributed by atoms with van der Waals surface area (Å²) in [7, 11) is 2.96. The minimum atomic E-state index is -0.655. The third-order valence-corrected chi connectivity index (χ3v) is 5.40. The lowest BCUT2D eigenvalue weighted by Crippen LogP contribution is -2.43. The Kier molecular flexibility index (Phi) is 9.99. The van der Waals surface area contributed by atoms with Gasteiger partial charge in [-0.15, -0.1) is 0 Å². The van der Waals surface area contributed by atoms with Crippen LogP contribution in [0, 0.1) is 0 Å². The van der Waals surface area contributed by atoms with Crippen LogP contribution >= 0.6 is 0 Å². The Balaban J connectivity index is 1.84. The molecule has 38 heavy (non-hydrogen) atoms. The number of esters is 1. The quantitative estimate of drug-likeness (QED) is 0.330. The average molecular weight is 522 g/mol. The van der Waals surface area contributed by atoms with E-state index in [9.17, 15) is 9.59 Å². The van der Waals surface area contributed by atoms with Gasteiger partial charge in [0.2, 0.25) is 0 Å². The molecule has 0 spiro atoms. The maximum Gasteiger partial charge on any atom is 0.408 e. The van der Waals surface area contributed by atoms with Gasteiger partial charge in [0.1, 0.15) is 41.6 Å². The molecule has 3 rings (SSSR count). The number of alkyl carbamates (subject to hydrolysis) is 1. The molecule has 0 fully saturated rings. The first-order valence-electron chi connectivity index (χ1n) is 12.3. The van der Waals surface area contributed by atoms with Crippen LogP contribution in [0.2, 0.25) is 0 Å². The molecular formula is C30H35NO7. The van der Waals surface area contributed by atoms with Crippen molar-refractivity contribution in [1.29, 1.82) is 0 Å². The van der Waals surface area contributed by atoms with Gasteiger partial charge in [-0.3, -0.25) is 0 Å². The zero-order valence-corrected chi connectivity index (χ0v) is 22.5. The highest BCUT2D eigenvalue weighted by atomic mass is 16.6. The van der Waals surface area contributed by atoms with Crippen LogP contribution in [-0.4, -0.2) is 44.5 Å². The van der Waals surface area contributed by atoms with Crippen molar-refractivity contribution in [3.8, 4) is 17.2 Å². The second kappa shape index (κ2) is 13.4. The van der Waals surface area contributed by atoms with Crippen LogP contribution in [0.15, 0.2) is 72.8 Å². The number of carbonyl (C=O) groups is 2. The highest BCUT2D eigenvalue weighted by molar-refractivity contribution is 5.96. The van der Waals surface area contributed by atoms with E-state index >= 15 is 0 Å². The Hall–Kier alpha value is -4.20. The van der Waals surface area contributed by atoms with Crippen molar-refractivity contribution in [3.05, 3.63) is 89.5 Å². The van der Waals surface area contributed by atoms with E-state index in [2.05, 4.69) is 5.32 Å². The standard InChI is InChI=1S/C30H35NO7/c1-30(2,3)38-29(33)31-23(16-21-12-8-6-9-13-21)20-36-26-18-24(34-4)17-25(35-5)27(26)28(32)37-19-22-14-10-7-11-15-22/h6-15,17-18,23H,16,19-20H2,1-5H3,(H,31,33)/t23-/m1/s1. The lowest BCUT2D eigenvalue weighted by atomic mass is 10.1. The number of benzene rings is 3. The van der Waals surface area contributed by atoms with Gasteiger partial charge in [0.25, 0.3) is 0 Å². The average Bonchev–Trinajstić information content (AvgIpc) is 2.89. The molecule has 1 atom stereocenters. The molecule has 0 aromatic heterocycles. The fourth-order valence-corrected chi connectivity index (χ4v) is 3.67. The Morgan fingerprint density at radius 2 is 1.45 bits per heavy atom. The number of rotatable bonds is 11. The normalized spacial score (nSPS) is 11.7. The van der Waals surface area contributed by atoms with Gasteiger partial charge in [-0.25, -0.2) is 9.59 Å². The third kappa shape index (κ3) is 8.73. The third-order valence-electron chi connectivity index (χ3n) is 5.40. The molecule has 0 aliphatic heterocycles. The van der Waals surface area contributed by atoms with Gasteiger partial charge in [-0.1, -0.05) is 60.7 Å². The van der Waals surface area contributed by atoms with Crippen LogP contribution in [0.4, 0.5) is 4.79 Å². The molecule has 0 saturated carbocycles. The number of hydrogen-bond donors (Lipinski definition) is 1. The largest absolute Gasteiger partial charge is 0.496 e. The summed E-state index contributed by atoms with van der Waals surface area (Å²) >= 11 is 0. The molecular weight excluding hydrogens is 486 g/mol. The summed E-state index contributed by atoms with van der Waals surface area (Å²) in [4.78, 5) is 25.7. The second-order valence-corrected chi connectivity index (χ2v) is 9.61. The van der Waals surface area contributed by atoms with Gasteiger partial charge in [0, 0.05) is 12.1 Å². The maximum absolute atomic E-state index is 13.2. The molecule has 1 N–H and O–H groups in total. The molecule has 1 amide bonds. The first-order chi connectivity index (χ1) is 18.2. The first-order valence-corrected chi connectivity index (χ1v) is 12.3. The Labute approximate surface area is 223 Å². The van der Waals surface area contributed by atoms with E-state index < -0.39 is 23.7 Å². The SMILES string of the molecule is COc1cc(OC)c(C(=O)OCc2ccccc2)c(OC[C@@H](Cc2ccccc2)NC(=O)OC(C)(C)C)c1. The highest BCUT2D eigenvalue weighted by Crippen LogP contribution is 2.35. The number of ether oxygens (including phenoxy) is 5. The Morgan fingerprint density at radius 1 is 0.842 bits per heavy atom. The topological polar surface area (TPSA) is 92.3 Å². The van der Waals surface area contributed by atoms with Crippen molar-refractivity contribution in [3.63, 3.8) is 0 Å². The van der Waals surface area contributed by atoms with Crippen molar-refractivity contribution in [2.45, 2.75) is 45.4 Å². The summed E-state index contributed by atoms with van der Waals surface area (Å²) < 4.78 is 28.0. The van der Waals surface area contributed by atoms with Crippen molar-refractivity contribution in [2.75, 3.05) is 20.8 Å². The monoisotopic (exact) mass is 521 g/mol. The zero-order chi connectivity index (χ0) is 27.5. The van der Waals surface area contributed by atoms with Gasteiger partial charge < -0.3 is 29.0 Å². The van der Waals surface area contributed by atoms with E-state index in [1.807, 2.05) is 60.7 Å². The van der Waals surface area contributed by atoms with E-state index in [4.69, 9.17) is 23.7 Å². The predicted molar refractivity (Wildman–Crippen MR) is 144 cm³/mol. The van der Waals surface area contributed by atoms with Crippen LogP contribution in [0.1, 0.15) is 42.3 Å². The number of amides is 1. The summed E-state index contributed by atoms with van der Waals surface area (Å²) in [6.07, 6.45) is -0.0811. The smallest absolute Gasteiger partial charge is 0.408 e. The van der Waals surface area contributed by atoms with E-state index in [0.717, 1.165) is 11.1 Å². The molecule has 3 aromatic rings. The van der Waals surface area contributed by atoms with E-state index in [0.29, 0.717) is 12.2 Å². The van der Waals surface area contributed by atoms with E-state index in [1.165, 1.54) is 14.2 Å². The molecule has 8 heteroatoms. The van der Waals surface area contributed by atoms with Gasteiger partial charge in [-0.05, 0) is 38.3 Å². The summed E-state index contributed by atoms with van der Waals surface area (Å²) in [6, 6.07) is 21.8. The fraction of sp³-hybridized carbons (Fsp3) is 0.333. The van der Waals surface area contributed by atoms with Crippen molar-refractivity contribution < 1.29 is 33.3 Å². The summed E-state index contributed by atoms with van der Waals surface area (Å²) in [5.41, 5.74) is 1.32. The van der Waals surface area contributed by atoms with Crippen LogP contribution in [0.5, 0.6) is 17.2 Å². The predicted octanol–water partition coefficient (Wildman–Crippen LogP) is 5.58. The molecule has 0 aliphatic rings. The molecule has 0 aliphatic carbocycles. The van der Waals surface area contributed by atoms with Crippen molar-refractivity contribution >= 4 is 12.1 Å². The van der Waals surface area contributed by atoms with Crippen LogP contribution in [0.3, 0.4) is 0 Å². The van der Waals surface area contributed by atoms with Gasteiger partial charge in [0.15, 0.2) is 0 Å². The summed E-state index contributed by atoms with van der Waals surface area (Å²) in [6.45, 7) is 5.52. The maximum atomic E-state index is 13.2. The van der Waals surface area contributed by atoms with E-state index in [1.54, 1.807) is 32.9 Å². The number of carbonyl (C=O) groups excluding carboxylic acids is 2. The summed E-state index contributed by atoms with van der Waals surface area (Å²) in [5, 5.41) is 2.88. The van der Waals surface area contributed by atoms with E-state index in [-0.39, 0.29) is 30.3 Å². The molecule has 0 unspecified atom stereocenters. The zero-order valence-electron chi connectivity index (χ0n) is 22.5. The van der Waals surface area contributed by atoms with Crippen molar-refractivity contribution in [1.82, 2.24) is 5.32 Å². The van der Waals surface area contributed by atoms with Crippen molar-refractivity contribution in [2.24, 2.45) is 0 Å². The molecule has 202 valence electrons. The van der Waals surface area contributed by atoms with Crippen LogP contribution < -0.4 is 19.5 Å². The number of hydrogen-bond acceptors (Lipinski definition) is 7. The summed E-state index contributed by atoms with van der Waals surface area (Å²) in [5.74, 6) is 0.291. The molecule has 0 saturated heterocycles.